The summed E-state index contributed by atoms with van der Waals surface area (Å²) in [6.45, 7) is 8.43. The highest BCUT2D eigenvalue weighted by Gasteiger charge is 2.42. The van der Waals surface area contributed by atoms with E-state index in [2.05, 4.69) is 37.1 Å². The standard InChI is InChI=1S/C22H27N3O2S2/c1-5-6-9-28-21-24-19-18(20(27)25-21)17(15-8-7-12(2)29-15)16-13(23-19)10-22(3,4)11-14(16)26/h7-8,17H,5-6,9-11H2,1-4H3,(H2,23,24,25,27)/t17-/m0/s1. The minimum atomic E-state index is -0.338. The second-order valence-electron chi connectivity index (χ2n) is 8.67. The normalized spacial score (nSPS) is 20.3. The molecule has 2 aromatic heterocycles. The molecule has 29 heavy (non-hydrogen) atoms. The zero-order valence-corrected chi connectivity index (χ0v) is 19.0. The fourth-order valence-corrected chi connectivity index (χ4v) is 6.11. The van der Waals surface area contributed by atoms with Crippen molar-refractivity contribution in [3.63, 3.8) is 0 Å². The third-order valence-corrected chi connectivity index (χ3v) is 7.51. The number of aromatic nitrogens is 2. The van der Waals surface area contributed by atoms with E-state index in [0.29, 0.717) is 23.0 Å². The molecule has 0 spiro atoms. The molecule has 2 aliphatic rings. The summed E-state index contributed by atoms with van der Waals surface area (Å²) in [5, 5.41) is 4.02. The van der Waals surface area contributed by atoms with Crippen molar-refractivity contribution in [3.8, 4) is 0 Å². The molecule has 2 N–H and O–H groups in total. The molecule has 2 aromatic rings. The van der Waals surface area contributed by atoms with Crippen molar-refractivity contribution in [2.75, 3.05) is 11.1 Å². The van der Waals surface area contributed by atoms with Crippen LogP contribution in [0.3, 0.4) is 0 Å². The molecule has 4 rings (SSSR count). The number of ketones is 1. The highest BCUT2D eigenvalue weighted by atomic mass is 32.2. The number of aryl methyl sites for hydroxylation is 1. The number of fused-ring (bicyclic) bond motifs is 1. The quantitative estimate of drug-likeness (QED) is 0.387. The molecule has 154 valence electrons. The Bertz CT molecular complexity index is 1050. The number of thiophene rings is 1. The van der Waals surface area contributed by atoms with Crippen molar-refractivity contribution in [3.05, 3.63) is 49.1 Å². The van der Waals surface area contributed by atoms with Crippen molar-refractivity contribution in [2.24, 2.45) is 5.41 Å². The Morgan fingerprint density at radius 1 is 1.28 bits per heavy atom. The maximum absolute atomic E-state index is 13.2. The van der Waals surface area contributed by atoms with Crippen LogP contribution >= 0.6 is 23.1 Å². The third-order valence-electron chi connectivity index (χ3n) is 5.48. The monoisotopic (exact) mass is 429 g/mol. The summed E-state index contributed by atoms with van der Waals surface area (Å²) in [7, 11) is 0. The lowest BCUT2D eigenvalue weighted by molar-refractivity contribution is -0.118. The Morgan fingerprint density at radius 2 is 2.07 bits per heavy atom. The minimum Gasteiger partial charge on any atom is -0.343 e. The largest absolute Gasteiger partial charge is 0.343 e. The van der Waals surface area contributed by atoms with Crippen molar-refractivity contribution in [1.29, 1.82) is 0 Å². The van der Waals surface area contributed by atoms with Gasteiger partial charge in [-0.2, -0.15) is 0 Å². The van der Waals surface area contributed by atoms with E-state index < -0.39 is 0 Å². The third kappa shape index (κ3) is 3.94. The number of hydrogen-bond acceptors (Lipinski definition) is 6. The first-order valence-corrected chi connectivity index (χ1v) is 12.0. The van der Waals surface area contributed by atoms with Crippen LogP contribution in [0.2, 0.25) is 0 Å². The van der Waals surface area contributed by atoms with Gasteiger partial charge in [-0.1, -0.05) is 39.0 Å². The number of rotatable bonds is 5. The molecular weight excluding hydrogens is 402 g/mol. The Morgan fingerprint density at radius 3 is 2.76 bits per heavy atom. The number of H-pyrrole nitrogens is 1. The Hall–Kier alpha value is -1.86. The van der Waals surface area contributed by atoms with Crippen LogP contribution < -0.4 is 10.9 Å². The lowest BCUT2D eigenvalue weighted by Gasteiger charge is -2.38. The zero-order chi connectivity index (χ0) is 20.8. The number of thioether (sulfide) groups is 1. The summed E-state index contributed by atoms with van der Waals surface area (Å²) in [6.07, 6.45) is 3.46. The number of anilines is 1. The molecule has 0 unspecified atom stereocenters. The maximum atomic E-state index is 13.2. The van der Waals surface area contributed by atoms with E-state index in [9.17, 15) is 9.59 Å². The van der Waals surface area contributed by atoms with E-state index in [1.54, 1.807) is 23.1 Å². The Balaban J connectivity index is 1.85. The van der Waals surface area contributed by atoms with Crippen molar-refractivity contribution >= 4 is 34.7 Å². The van der Waals surface area contributed by atoms with Gasteiger partial charge in [0.25, 0.3) is 5.56 Å². The van der Waals surface area contributed by atoms with Crippen molar-refractivity contribution < 1.29 is 4.79 Å². The van der Waals surface area contributed by atoms with Crippen LogP contribution in [0.5, 0.6) is 0 Å². The fraction of sp³-hybridized carbons (Fsp3) is 0.500. The van der Waals surface area contributed by atoms with E-state index >= 15 is 0 Å². The number of nitrogens with one attached hydrogen (secondary N) is 2. The Labute approximate surface area is 179 Å². The molecule has 5 nitrogen and oxygen atoms in total. The predicted molar refractivity (Wildman–Crippen MR) is 120 cm³/mol. The number of carbonyl (C=O) groups is 1. The number of allylic oxidation sites excluding steroid dienone is 2. The van der Waals surface area contributed by atoms with Crippen LogP contribution in [0.4, 0.5) is 5.82 Å². The molecule has 0 saturated heterocycles. The second-order valence-corrected chi connectivity index (χ2v) is 11.1. The van der Waals surface area contributed by atoms with Crippen LogP contribution in [-0.2, 0) is 4.79 Å². The van der Waals surface area contributed by atoms with Gasteiger partial charge >= 0.3 is 0 Å². The molecule has 1 aliphatic carbocycles. The van der Waals surface area contributed by atoms with Gasteiger partial charge in [-0.15, -0.1) is 11.3 Å². The van der Waals surface area contributed by atoms with Crippen LogP contribution in [0.15, 0.2) is 33.4 Å². The average Bonchev–Trinajstić information content (AvgIpc) is 3.05. The Kier molecular flexibility index (Phi) is 5.46. The summed E-state index contributed by atoms with van der Waals surface area (Å²) < 4.78 is 0. The summed E-state index contributed by atoms with van der Waals surface area (Å²) in [5.74, 6) is 1.32. The number of Topliss-reactive ketones (excluding diaryl/α,β-unsaturated/α-hetero) is 1. The minimum absolute atomic E-state index is 0.101. The molecule has 7 heteroatoms. The SMILES string of the molecule is CCCCSc1nc2c(c(=O)[nH]1)[C@@H](c1ccc(C)s1)C1=C(CC(C)(C)CC1=O)N2. The van der Waals surface area contributed by atoms with Gasteiger partial charge in [-0.3, -0.25) is 9.59 Å². The molecule has 0 fully saturated rings. The first-order chi connectivity index (χ1) is 13.8. The summed E-state index contributed by atoms with van der Waals surface area (Å²) in [6, 6.07) is 4.09. The van der Waals surface area contributed by atoms with Gasteiger partial charge in [0, 0.05) is 33.2 Å². The van der Waals surface area contributed by atoms with Gasteiger partial charge in [-0.05, 0) is 37.3 Å². The van der Waals surface area contributed by atoms with Gasteiger partial charge < -0.3 is 10.3 Å². The molecule has 0 bridgehead atoms. The number of aromatic amines is 1. The summed E-state index contributed by atoms with van der Waals surface area (Å²) >= 11 is 3.22. The van der Waals surface area contributed by atoms with Gasteiger partial charge in [0.15, 0.2) is 10.9 Å². The fourth-order valence-electron chi connectivity index (χ4n) is 4.17. The van der Waals surface area contributed by atoms with Crippen LogP contribution in [0, 0.1) is 12.3 Å². The second kappa shape index (κ2) is 7.76. The summed E-state index contributed by atoms with van der Waals surface area (Å²) in [4.78, 5) is 36.2. The predicted octanol–water partition coefficient (Wildman–Crippen LogP) is 5.23. The van der Waals surface area contributed by atoms with Gasteiger partial charge in [-0.25, -0.2) is 4.98 Å². The highest BCUT2D eigenvalue weighted by molar-refractivity contribution is 7.99. The van der Waals surface area contributed by atoms with Gasteiger partial charge in [0.05, 0.1) is 11.5 Å². The molecule has 0 radical (unpaired) electrons. The molecule has 1 atom stereocenters. The van der Waals surface area contributed by atoms with Crippen LogP contribution in [0.25, 0.3) is 0 Å². The van der Waals surface area contributed by atoms with Crippen molar-refractivity contribution in [1.82, 2.24) is 9.97 Å². The van der Waals surface area contributed by atoms with E-state index in [0.717, 1.165) is 41.2 Å². The lowest BCUT2D eigenvalue weighted by atomic mass is 9.70. The first kappa shape index (κ1) is 20.4. The average molecular weight is 430 g/mol. The smallest absolute Gasteiger partial charge is 0.257 e. The number of unbranched alkanes of at least 4 members (excludes halogenated alkanes) is 1. The maximum Gasteiger partial charge on any atom is 0.257 e. The van der Waals surface area contributed by atoms with Crippen molar-refractivity contribution in [2.45, 2.75) is 64.5 Å². The van der Waals surface area contributed by atoms with Gasteiger partial charge in [0.1, 0.15) is 5.82 Å². The zero-order valence-electron chi connectivity index (χ0n) is 17.3. The van der Waals surface area contributed by atoms with E-state index in [-0.39, 0.29) is 22.7 Å². The summed E-state index contributed by atoms with van der Waals surface area (Å²) in [5.41, 5.74) is 1.99. The molecule has 0 amide bonds. The van der Waals surface area contributed by atoms with Gasteiger partial charge in [0.2, 0.25) is 0 Å². The van der Waals surface area contributed by atoms with E-state index in [1.807, 2.05) is 13.0 Å². The van der Waals surface area contributed by atoms with Crippen LogP contribution in [-0.4, -0.2) is 21.5 Å². The number of nitrogens with zero attached hydrogens (tertiary/aromatic N) is 1. The number of hydrogen-bond donors (Lipinski definition) is 2. The highest BCUT2D eigenvalue weighted by Crippen LogP contribution is 2.48. The first-order valence-electron chi connectivity index (χ1n) is 10.2. The van der Waals surface area contributed by atoms with Crippen LogP contribution in [0.1, 0.15) is 67.7 Å². The van der Waals surface area contributed by atoms with E-state index in [1.165, 1.54) is 4.88 Å². The lowest BCUT2D eigenvalue weighted by Crippen LogP contribution is -2.36. The molecule has 0 aromatic carbocycles. The molecule has 3 heterocycles. The molecule has 1 aliphatic heterocycles. The number of carbonyl (C=O) groups excluding carboxylic acids is 1. The molecule has 0 saturated carbocycles. The molecular formula is C22H27N3O2S2. The van der Waals surface area contributed by atoms with E-state index in [4.69, 9.17) is 4.98 Å². The topological polar surface area (TPSA) is 74.8 Å².